The molecule has 7 nitrogen and oxygen atoms in total. The zero-order valence-corrected chi connectivity index (χ0v) is 23.6. The Balaban J connectivity index is 1.33. The molecule has 4 heterocycles. The third-order valence-corrected chi connectivity index (χ3v) is 9.27. The number of aliphatic hydroxyl groups is 1. The Kier molecular flexibility index (Phi) is 7.70. The fourth-order valence-corrected chi connectivity index (χ4v) is 6.85. The molecular weight excluding hydrogens is 523 g/mol. The number of carboxylic acid groups (broad SMARTS) is 1. The maximum atomic E-state index is 15.1. The molecule has 2 aromatic carbocycles. The van der Waals surface area contributed by atoms with Gasteiger partial charge in [0.15, 0.2) is 0 Å². The lowest BCUT2D eigenvalue weighted by Gasteiger charge is -2.35. The largest absolute Gasteiger partial charge is 0.485 e. The molecule has 5 atom stereocenters. The molecule has 3 aromatic rings. The number of carbonyl (C=O) groups is 1. The third-order valence-electron chi connectivity index (χ3n) is 9.27. The Hall–Kier alpha value is -3.49. The maximum absolute atomic E-state index is 15.1. The zero-order chi connectivity index (χ0) is 28.7. The Morgan fingerprint density at radius 2 is 1.88 bits per heavy atom. The summed E-state index contributed by atoms with van der Waals surface area (Å²) in [6.07, 6.45) is 7.58. The molecule has 0 amide bonds. The van der Waals surface area contributed by atoms with Crippen LogP contribution in [0.5, 0.6) is 11.6 Å². The number of aliphatic carboxylic acids is 1. The molecule has 3 unspecified atom stereocenters. The number of fused-ring (bicyclic) bond motifs is 3. The zero-order valence-electron chi connectivity index (χ0n) is 23.6. The Morgan fingerprint density at radius 3 is 2.61 bits per heavy atom. The van der Waals surface area contributed by atoms with Gasteiger partial charge in [0.1, 0.15) is 17.7 Å². The van der Waals surface area contributed by atoms with E-state index in [0.717, 1.165) is 41.6 Å². The number of ether oxygens (including phenoxy) is 2. The molecule has 3 aliphatic rings. The van der Waals surface area contributed by atoms with E-state index in [1.54, 1.807) is 18.2 Å². The number of nitrogens with zero attached hydrogens (tertiary/aromatic N) is 2. The lowest BCUT2D eigenvalue weighted by molar-refractivity contribution is -0.145. The Morgan fingerprint density at radius 1 is 1.10 bits per heavy atom. The maximum Gasteiger partial charge on any atom is 0.309 e. The first-order valence-electron chi connectivity index (χ1n) is 14.6. The molecular formula is C33H37FN2O5. The number of piperidine rings is 1. The highest BCUT2D eigenvalue weighted by atomic mass is 19.1. The predicted octanol–water partition coefficient (Wildman–Crippen LogP) is 6.23. The Bertz CT molecular complexity index is 1430. The first kappa shape index (κ1) is 27.7. The molecule has 0 aliphatic carbocycles. The van der Waals surface area contributed by atoms with Gasteiger partial charge in [-0.3, -0.25) is 9.69 Å². The van der Waals surface area contributed by atoms with E-state index in [1.165, 1.54) is 52.3 Å². The van der Waals surface area contributed by atoms with Gasteiger partial charge in [0, 0.05) is 30.3 Å². The van der Waals surface area contributed by atoms with Crippen LogP contribution in [0.4, 0.5) is 4.39 Å². The summed E-state index contributed by atoms with van der Waals surface area (Å²) in [6, 6.07) is 14.4. The van der Waals surface area contributed by atoms with E-state index in [1.807, 2.05) is 18.2 Å². The van der Waals surface area contributed by atoms with Crippen LogP contribution in [-0.4, -0.2) is 45.3 Å². The number of aromatic nitrogens is 1. The minimum Gasteiger partial charge on any atom is -0.485 e. The topological polar surface area (TPSA) is 92.1 Å². The predicted molar refractivity (Wildman–Crippen MR) is 152 cm³/mol. The molecule has 2 fully saturated rings. The highest BCUT2D eigenvalue weighted by Crippen LogP contribution is 2.41. The lowest BCUT2D eigenvalue weighted by Crippen LogP contribution is -2.39. The number of aliphatic hydroxyl groups excluding tert-OH is 1. The number of benzene rings is 2. The van der Waals surface area contributed by atoms with Gasteiger partial charge in [-0.1, -0.05) is 36.8 Å². The van der Waals surface area contributed by atoms with Crippen LogP contribution in [-0.2, 0) is 17.8 Å². The van der Waals surface area contributed by atoms with Crippen LogP contribution in [0.1, 0.15) is 79.9 Å². The number of hydrogen-bond acceptors (Lipinski definition) is 6. The van der Waals surface area contributed by atoms with Gasteiger partial charge >= 0.3 is 5.97 Å². The van der Waals surface area contributed by atoms with Crippen molar-refractivity contribution in [3.8, 4) is 22.8 Å². The highest BCUT2D eigenvalue weighted by Gasteiger charge is 2.37. The van der Waals surface area contributed by atoms with E-state index < -0.39 is 18.0 Å². The molecule has 2 saturated heterocycles. The van der Waals surface area contributed by atoms with Crippen LogP contribution in [0, 0.1) is 11.7 Å². The van der Waals surface area contributed by atoms with Gasteiger partial charge in [-0.05, 0) is 79.3 Å². The van der Waals surface area contributed by atoms with Gasteiger partial charge in [-0.25, -0.2) is 9.37 Å². The first-order chi connectivity index (χ1) is 19.8. The molecule has 2 bridgehead atoms. The average Bonchev–Trinajstić information content (AvgIpc) is 3.19. The molecule has 2 N–H and O–H groups in total. The summed E-state index contributed by atoms with van der Waals surface area (Å²) < 4.78 is 26.9. The molecule has 0 saturated carbocycles. The standard InChI is InChI=1S/C33H37FN2O5/c1-19(33(38)39)32(37)22-7-6-20-9-13-29(41-30(20)15-22)21-8-12-26(27-16-31(40-2)35-17-28(27)34)23(14-21)18-36-24-4-3-5-25(36)11-10-24/h6-8,12,14-17,19,24-25,29,32,37H,3-5,9-11,13,18H2,1-2H3,(H,38,39)/t19-,24?,25?,29?,32+/m0/s1. The van der Waals surface area contributed by atoms with Gasteiger partial charge in [0.25, 0.3) is 0 Å². The number of aryl methyl sites for hydroxylation is 1. The SMILES string of the molecule is COc1cc(-c2ccc(C3CCc4ccc([C@H](O)[C@H](C)C(=O)O)cc4O3)cc2CN2C3CCCC2CC3)c(F)cn1. The van der Waals surface area contributed by atoms with E-state index >= 15 is 4.39 Å². The highest BCUT2D eigenvalue weighted by molar-refractivity contribution is 5.71. The van der Waals surface area contributed by atoms with Crippen LogP contribution in [0.25, 0.3) is 11.1 Å². The van der Waals surface area contributed by atoms with Crippen molar-refractivity contribution in [3.63, 3.8) is 0 Å². The van der Waals surface area contributed by atoms with Gasteiger partial charge in [-0.2, -0.15) is 0 Å². The fourth-order valence-electron chi connectivity index (χ4n) is 6.85. The van der Waals surface area contributed by atoms with Crippen LogP contribution in [0.15, 0.2) is 48.7 Å². The molecule has 0 spiro atoms. The minimum absolute atomic E-state index is 0.213. The Labute approximate surface area is 239 Å². The average molecular weight is 561 g/mol. The number of hydrogen-bond donors (Lipinski definition) is 2. The van der Waals surface area contributed by atoms with Crippen molar-refractivity contribution in [1.82, 2.24) is 9.88 Å². The molecule has 3 aliphatic heterocycles. The van der Waals surface area contributed by atoms with E-state index in [-0.39, 0.29) is 11.9 Å². The van der Waals surface area contributed by atoms with E-state index in [2.05, 4.69) is 16.0 Å². The summed E-state index contributed by atoms with van der Waals surface area (Å²) in [5, 5.41) is 19.9. The third kappa shape index (κ3) is 5.43. The molecule has 8 heteroatoms. The lowest BCUT2D eigenvalue weighted by atomic mass is 9.90. The summed E-state index contributed by atoms with van der Waals surface area (Å²) in [5.74, 6) is -1.32. The van der Waals surface area contributed by atoms with Crippen LogP contribution in [0.2, 0.25) is 0 Å². The molecule has 0 radical (unpaired) electrons. The molecule has 216 valence electrons. The van der Waals surface area contributed by atoms with E-state index in [4.69, 9.17) is 9.47 Å². The van der Waals surface area contributed by atoms with Crippen molar-refractivity contribution >= 4 is 5.97 Å². The van der Waals surface area contributed by atoms with Crippen molar-refractivity contribution < 1.29 is 28.9 Å². The van der Waals surface area contributed by atoms with Crippen molar-refractivity contribution in [3.05, 3.63) is 76.7 Å². The normalized spacial score (nSPS) is 23.4. The summed E-state index contributed by atoms with van der Waals surface area (Å²) in [7, 11) is 1.53. The second kappa shape index (κ2) is 11.4. The van der Waals surface area contributed by atoms with E-state index in [9.17, 15) is 15.0 Å². The smallest absolute Gasteiger partial charge is 0.309 e. The van der Waals surface area contributed by atoms with Crippen molar-refractivity contribution in [2.75, 3.05) is 7.11 Å². The summed E-state index contributed by atoms with van der Waals surface area (Å²) in [5.41, 5.74) is 4.95. The first-order valence-corrected chi connectivity index (χ1v) is 14.6. The minimum atomic E-state index is -1.13. The van der Waals surface area contributed by atoms with E-state index in [0.29, 0.717) is 34.8 Å². The second-order valence-electron chi connectivity index (χ2n) is 11.7. The van der Waals surface area contributed by atoms with Gasteiger partial charge in [0.05, 0.1) is 25.3 Å². The number of pyridine rings is 1. The quantitative estimate of drug-likeness (QED) is 0.337. The monoisotopic (exact) mass is 560 g/mol. The molecule has 1 aromatic heterocycles. The molecule has 41 heavy (non-hydrogen) atoms. The summed E-state index contributed by atoms with van der Waals surface area (Å²) in [6.45, 7) is 2.24. The van der Waals surface area contributed by atoms with Crippen LogP contribution >= 0.6 is 0 Å². The van der Waals surface area contributed by atoms with Gasteiger partial charge in [0.2, 0.25) is 5.88 Å². The fraction of sp³-hybridized carbons (Fsp3) is 0.455. The van der Waals surface area contributed by atoms with Crippen molar-refractivity contribution in [2.45, 2.75) is 82.7 Å². The number of halogens is 1. The summed E-state index contributed by atoms with van der Waals surface area (Å²) in [4.78, 5) is 18.1. The van der Waals surface area contributed by atoms with Crippen LogP contribution in [0.3, 0.4) is 0 Å². The number of rotatable bonds is 8. The van der Waals surface area contributed by atoms with Crippen molar-refractivity contribution in [1.29, 1.82) is 0 Å². The van der Waals surface area contributed by atoms with Gasteiger partial charge in [-0.15, -0.1) is 0 Å². The van der Waals surface area contributed by atoms with Crippen LogP contribution < -0.4 is 9.47 Å². The van der Waals surface area contributed by atoms with Gasteiger partial charge < -0.3 is 19.7 Å². The second-order valence-corrected chi connectivity index (χ2v) is 11.7. The number of methoxy groups -OCH3 is 1. The summed E-state index contributed by atoms with van der Waals surface area (Å²) >= 11 is 0. The molecule has 6 rings (SSSR count). The van der Waals surface area contributed by atoms with Crippen molar-refractivity contribution in [2.24, 2.45) is 5.92 Å². The number of carboxylic acids is 1.